The maximum atomic E-state index is 6.02. The Labute approximate surface area is 114 Å². The number of aromatic nitrogens is 2. The van der Waals surface area contributed by atoms with Gasteiger partial charge in [0.1, 0.15) is 11.5 Å². The Balaban J connectivity index is 2.13. The zero-order chi connectivity index (χ0) is 12.7. The van der Waals surface area contributed by atoms with E-state index in [1.807, 2.05) is 41.8 Å². The predicted molar refractivity (Wildman–Crippen MR) is 74.7 cm³/mol. The number of fused-ring (bicyclic) bond motifs is 1. The third kappa shape index (κ3) is 1.98. The van der Waals surface area contributed by atoms with Crippen molar-refractivity contribution in [2.45, 2.75) is 13.5 Å². The summed E-state index contributed by atoms with van der Waals surface area (Å²) in [5.41, 5.74) is 1.97. The van der Waals surface area contributed by atoms with E-state index in [-0.39, 0.29) is 0 Å². The fourth-order valence-electron chi connectivity index (χ4n) is 2.01. The summed E-state index contributed by atoms with van der Waals surface area (Å²) >= 11 is 11.3. The summed E-state index contributed by atoms with van der Waals surface area (Å²) in [6.45, 7) is 2.53. The molecule has 3 rings (SSSR count). The van der Waals surface area contributed by atoms with Crippen LogP contribution >= 0.6 is 23.8 Å². The minimum Gasteiger partial charge on any atom is -0.464 e. The average Bonchev–Trinajstić information content (AvgIpc) is 2.86. The first kappa shape index (κ1) is 11.6. The van der Waals surface area contributed by atoms with Crippen molar-refractivity contribution in [3.8, 4) is 0 Å². The van der Waals surface area contributed by atoms with Crippen molar-refractivity contribution in [3.05, 3.63) is 51.6 Å². The lowest BCUT2D eigenvalue weighted by atomic mass is 10.3. The fourth-order valence-corrected chi connectivity index (χ4v) is 2.45. The number of aromatic amines is 1. The molecule has 0 fully saturated rings. The molecule has 0 atom stereocenters. The number of aryl methyl sites for hydroxylation is 1. The van der Waals surface area contributed by atoms with E-state index in [0.29, 0.717) is 16.3 Å². The van der Waals surface area contributed by atoms with Gasteiger partial charge in [-0.1, -0.05) is 11.6 Å². The van der Waals surface area contributed by atoms with E-state index in [2.05, 4.69) is 4.98 Å². The van der Waals surface area contributed by atoms with Gasteiger partial charge in [0.25, 0.3) is 0 Å². The van der Waals surface area contributed by atoms with Crippen LogP contribution in [0.4, 0.5) is 0 Å². The molecule has 3 aromatic rings. The van der Waals surface area contributed by atoms with Crippen molar-refractivity contribution in [2.75, 3.05) is 0 Å². The number of hydrogen-bond donors (Lipinski definition) is 1. The molecule has 2 aromatic heterocycles. The highest BCUT2D eigenvalue weighted by molar-refractivity contribution is 7.71. The molecular weight excluding hydrogens is 268 g/mol. The van der Waals surface area contributed by atoms with Crippen LogP contribution in [-0.2, 0) is 6.54 Å². The number of benzene rings is 1. The highest BCUT2D eigenvalue weighted by atomic mass is 35.5. The average molecular weight is 279 g/mol. The number of halogens is 1. The van der Waals surface area contributed by atoms with Crippen LogP contribution in [0, 0.1) is 11.7 Å². The molecule has 18 heavy (non-hydrogen) atoms. The summed E-state index contributed by atoms with van der Waals surface area (Å²) in [6.07, 6.45) is 0. The maximum Gasteiger partial charge on any atom is 0.178 e. The van der Waals surface area contributed by atoms with Gasteiger partial charge in [0.05, 0.1) is 17.6 Å². The molecular formula is C13H11ClN2OS. The number of rotatable bonds is 2. The van der Waals surface area contributed by atoms with E-state index in [1.54, 1.807) is 0 Å². The lowest BCUT2D eigenvalue weighted by molar-refractivity contribution is 0.471. The van der Waals surface area contributed by atoms with Gasteiger partial charge in [-0.3, -0.25) is 0 Å². The minimum atomic E-state index is 0.604. The number of furan rings is 1. The van der Waals surface area contributed by atoms with Crippen LogP contribution in [0.25, 0.3) is 11.0 Å². The molecule has 92 valence electrons. The Morgan fingerprint density at radius 1 is 1.33 bits per heavy atom. The second-order valence-electron chi connectivity index (χ2n) is 4.19. The lowest BCUT2D eigenvalue weighted by Crippen LogP contribution is -1.98. The Morgan fingerprint density at radius 2 is 2.17 bits per heavy atom. The molecule has 0 spiro atoms. The number of nitrogens with one attached hydrogen (secondary N) is 1. The summed E-state index contributed by atoms with van der Waals surface area (Å²) in [5.74, 6) is 1.78. The molecule has 0 bridgehead atoms. The lowest BCUT2D eigenvalue weighted by Gasteiger charge is -2.02. The Morgan fingerprint density at radius 3 is 2.89 bits per heavy atom. The monoisotopic (exact) mass is 278 g/mol. The summed E-state index contributed by atoms with van der Waals surface area (Å²) in [7, 11) is 0. The van der Waals surface area contributed by atoms with Crippen molar-refractivity contribution in [2.24, 2.45) is 0 Å². The van der Waals surface area contributed by atoms with Crippen molar-refractivity contribution >= 4 is 34.9 Å². The molecule has 0 radical (unpaired) electrons. The summed E-state index contributed by atoms with van der Waals surface area (Å²) in [6, 6.07) is 9.58. The van der Waals surface area contributed by atoms with E-state index < -0.39 is 0 Å². The van der Waals surface area contributed by atoms with Gasteiger partial charge >= 0.3 is 0 Å². The third-order valence-electron chi connectivity index (χ3n) is 2.85. The van der Waals surface area contributed by atoms with Crippen LogP contribution in [0.2, 0.25) is 5.02 Å². The Bertz CT molecular complexity index is 769. The zero-order valence-electron chi connectivity index (χ0n) is 9.74. The van der Waals surface area contributed by atoms with Crippen LogP contribution < -0.4 is 0 Å². The van der Waals surface area contributed by atoms with Gasteiger partial charge in [-0.05, 0) is 49.5 Å². The molecule has 0 aliphatic heterocycles. The van der Waals surface area contributed by atoms with Gasteiger partial charge in [0.2, 0.25) is 0 Å². The van der Waals surface area contributed by atoms with Gasteiger partial charge in [0.15, 0.2) is 4.77 Å². The second-order valence-corrected chi connectivity index (χ2v) is 5.01. The first-order valence-corrected chi connectivity index (χ1v) is 6.35. The standard InChI is InChI=1S/C13H11ClN2OS/c1-8-2-4-10(17-8)7-16-12-6-9(14)3-5-11(12)15-13(16)18/h2-6H,7H2,1H3,(H,15,18). The highest BCUT2D eigenvalue weighted by Gasteiger charge is 2.07. The van der Waals surface area contributed by atoms with Crippen LogP contribution in [0.5, 0.6) is 0 Å². The van der Waals surface area contributed by atoms with Gasteiger partial charge < -0.3 is 14.0 Å². The first-order valence-electron chi connectivity index (χ1n) is 5.57. The number of imidazole rings is 1. The molecule has 0 amide bonds. The molecule has 1 aromatic carbocycles. The van der Waals surface area contributed by atoms with E-state index in [9.17, 15) is 0 Å². The van der Waals surface area contributed by atoms with Gasteiger partial charge in [-0.25, -0.2) is 0 Å². The SMILES string of the molecule is Cc1ccc(Cn2c(=S)[nH]c3ccc(Cl)cc32)o1. The van der Waals surface area contributed by atoms with Crippen molar-refractivity contribution < 1.29 is 4.42 Å². The van der Waals surface area contributed by atoms with Crippen LogP contribution in [-0.4, -0.2) is 9.55 Å². The van der Waals surface area contributed by atoms with E-state index in [4.69, 9.17) is 28.2 Å². The van der Waals surface area contributed by atoms with E-state index >= 15 is 0 Å². The van der Waals surface area contributed by atoms with E-state index in [0.717, 1.165) is 22.6 Å². The van der Waals surface area contributed by atoms with Gasteiger partial charge in [-0.15, -0.1) is 0 Å². The highest BCUT2D eigenvalue weighted by Crippen LogP contribution is 2.20. The fraction of sp³-hybridized carbons (Fsp3) is 0.154. The molecule has 0 aliphatic rings. The van der Waals surface area contributed by atoms with Crippen molar-refractivity contribution in [1.29, 1.82) is 0 Å². The molecule has 5 heteroatoms. The van der Waals surface area contributed by atoms with E-state index in [1.165, 1.54) is 0 Å². The predicted octanol–water partition coefficient (Wildman–Crippen LogP) is 4.30. The van der Waals surface area contributed by atoms with Crippen LogP contribution in [0.15, 0.2) is 34.7 Å². The van der Waals surface area contributed by atoms with Gasteiger partial charge in [0, 0.05) is 5.02 Å². The number of H-pyrrole nitrogens is 1. The number of nitrogens with zero attached hydrogens (tertiary/aromatic N) is 1. The number of hydrogen-bond acceptors (Lipinski definition) is 2. The summed E-state index contributed by atoms with van der Waals surface area (Å²) < 4.78 is 8.23. The van der Waals surface area contributed by atoms with Crippen LogP contribution in [0.3, 0.4) is 0 Å². The Kier molecular flexibility index (Phi) is 2.76. The smallest absolute Gasteiger partial charge is 0.178 e. The Hall–Kier alpha value is -1.52. The minimum absolute atomic E-state index is 0.604. The second kappa shape index (κ2) is 4.30. The molecule has 0 saturated carbocycles. The van der Waals surface area contributed by atoms with Crippen molar-refractivity contribution in [1.82, 2.24) is 9.55 Å². The summed E-state index contributed by atoms with van der Waals surface area (Å²) in [5, 5.41) is 0.695. The molecule has 0 saturated heterocycles. The largest absolute Gasteiger partial charge is 0.464 e. The molecule has 0 aliphatic carbocycles. The molecule has 1 N–H and O–H groups in total. The third-order valence-corrected chi connectivity index (χ3v) is 3.40. The maximum absolute atomic E-state index is 6.02. The van der Waals surface area contributed by atoms with Crippen molar-refractivity contribution in [3.63, 3.8) is 0 Å². The molecule has 3 nitrogen and oxygen atoms in total. The zero-order valence-corrected chi connectivity index (χ0v) is 11.3. The quantitative estimate of drug-likeness (QED) is 0.709. The topological polar surface area (TPSA) is 33.9 Å². The first-order chi connectivity index (χ1) is 8.63. The normalized spacial score (nSPS) is 11.2. The van der Waals surface area contributed by atoms with Gasteiger partial charge in [-0.2, -0.15) is 0 Å². The molecule has 0 unspecified atom stereocenters. The molecule has 2 heterocycles. The summed E-state index contributed by atoms with van der Waals surface area (Å²) in [4.78, 5) is 3.16. The van der Waals surface area contributed by atoms with Crippen LogP contribution in [0.1, 0.15) is 11.5 Å².